The number of halogens is 1. The number of benzene rings is 2. The molecule has 35 heavy (non-hydrogen) atoms. The van der Waals surface area contributed by atoms with Gasteiger partial charge in [-0.15, -0.1) is 11.3 Å². The van der Waals surface area contributed by atoms with Crippen LogP contribution in [0.4, 0.5) is 4.39 Å². The van der Waals surface area contributed by atoms with Gasteiger partial charge in [-0.3, -0.25) is 25.2 Å². The Kier molecular flexibility index (Phi) is 7.31. The van der Waals surface area contributed by atoms with Crippen LogP contribution in [-0.2, 0) is 6.54 Å². The number of hydrogen-bond donors (Lipinski definition) is 2. The van der Waals surface area contributed by atoms with Gasteiger partial charge in [0.25, 0.3) is 17.4 Å². The largest absolute Gasteiger partial charge is 0.290 e. The van der Waals surface area contributed by atoms with Crippen molar-refractivity contribution in [2.24, 2.45) is 0 Å². The molecule has 8 nitrogen and oxygen atoms in total. The van der Waals surface area contributed by atoms with Crippen molar-refractivity contribution in [1.82, 2.24) is 25.6 Å². The number of rotatable bonds is 7. The summed E-state index contributed by atoms with van der Waals surface area (Å²) in [5.41, 5.74) is 5.76. The fourth-order valence-corrected chi connectivity index (χ4v) is 4.59. The first kappa shape index (κ1) is 24.2. The molecule has 4 rings (SSSR count). The van der Waals surface area contributed by atoms with E-state index in [0.29, 0.717) is 38.5 Å². The molecule has 0 radical (unpaired) electrons. The maximum absolute atomic E-state index is 13.2. The topological polar surface area (TPSA) is 106 Å². The number of nitrogens with one attached hydrogen (secondary N) is 2. The second-order valence-corrected chi connectivity index (χ2v) is 8.98. The molecule has 0 unspecified atom stereocenters. The lowest BCUT2D eigenvalue weighted by molar-refractivity contribution is 0.0845. The Balaban J connectivity index is 1.54. The van der Waals surface area contributed by atoms with Crippen LogP contribution in [0, 0.1) is 12.7 Å². The zero-order valence-electron chi connectivity index (χ0n) is 19.3. The normalized spacial score (nSPS) is 10.9. The van der Waals surface area contributed by atoms with Crippen molar-refractivity contribution in [3.63, 3.8) is 0 Å². The number of unbranched alkanes of at least 4 members (excludes halogenated alkanes) is 2. The van der Waals surface area contributed by atoms with Crippen molar-refractivity contribution in [3.05, 3.63) is 81.0 Å². The van der Waals surface area contributed by atoms with Crippen LogP contribution in [0.15, 0.2) is 53.3 Å². The summed E-state index contributed by atoms with van der Waals surface area (Å²) >= 11 is 1.13. The van der Waals surface area contributed by atoms with Crippen LogP contribution in [-0.4, -0.2) is 26.6 Å². The minimum absolute atomic E-state index is 0.0463. The summed E-state index contributed by atoms with van der Waals surface area (Å²) in [6.45, 7) is 4.14. The van der Waals surface area contributed by atoms with E-state index in [0.717, 1.165) is 30.6 Å². The number of aromatic nitrogens is 3. The zero-order valence-corrected chi connectivity index (χ0v) is 20.1. The van der Waals surface area contributed by atoms with Crippen LogP contribution >= 0.6 is 11.3 Å². The first-order valence-electron chi connectivity index (χ1n) is 11.2. The van der Waals surface area contributed by atoms with Gasteiger partial charge in [-0.05, 0) is 43.7 Å². The molecule has 2 amide bonds. The fourth-order valence-electron chi connectivity index (χ4n) is 3.62. The highest BCUT2D eigenvalue weighted by atomic mass is 32.1. The molecule has 0 bridgehead atoms. The molecule has 0 atom stereocenters. The van der Waals surface area contributed by atoms with Gasteiger partial charge >= 0.3 is 0 Å². The first-order chi connectivity index (χ1) is 16.9. The SMILES string of the molecule is CCCCCn1nc(C(=O)NNC(=O)c2sc(-c3ccc(F)cc3)nc2C)c2ccccc2c1=O. The summed E-state index contributed by atoms with van der Waals surface area (Å²) in [7, 11) is 0. The van der Waals surface area contributed by atoms with Gasteiger partial charge in [-0.1, -0.05) is 38.0 Å². The second kappa shape index (κ2) is 10.6. The van der Waals surface area contributed by atoms with E-state index in [9.17, 15) is 18.8 Å². The molecule has 4 aromatic rings. The van der Waals surface area contributed by atoms with Crippen LogP contribution in [0.3, 0.4) is 0 Å². The summed E-state index contributed by atoms with van der Waals surface area (Å²) in [6.07, 6.45) is 2.69. The lowest BCUT2D eigenvalue weighted by Crippen LogP contribution is -2.42. The Hall–Kier alpha value is -3.92. The summed E-state index contributed by atoms with van der Waals surface area (Å²) in [5.74, 6) is -1.54. The molecule has 0 aliphatic carbocycles. The van der Waals surface area contributed by atoms with Crippen molar-refractivity contribution < 1.29 is 14.0 Å². The smallest absolute Gasteiger partial charge is 0.267 e. The van der Waals surface area contributed by atoms with E-state index < -0.39 is 11.8 Å². The highest BCUT2D eigenvalue weighted by Gasteiger charge is 2.20. The van der Waals surface area contributed by atoms with Crippen LogP contribution in [0.5, 0.6) is 0 Å². The summed E-state index contributed by atoms with van der Waals surface area (Å²) in [4.78, 5) is 43.2. The molecule has 2 aromatic carbocycles. The molecule has 0 saturated carbocycles. The minimum Gasteiger partial charge on any atom is -0.267 e. The molecule has 0 aliphatic heterocycles. The molecular formula is C25H24FN5O3S. The summed E-state index contributed by atoms with van der Waals surface area (Å²) in [6, 6.07) is 12.6. The molecule has 2 aromatic heterocycles. The molecule has 0 saturated heterocycles. The zero-order chi connectivity index (χ0) is 24.9. The lowest BCUT2D eigenvalue weighted by Gasteiger charge is -2.11. The predicted molar refractivity (Wildman–Crippen MR) is 133 cm³/mol. The number of amides is 2. The van der Waals surface area contributed by atoms with Crippen LogP contribution in [0.25, 0.3) is 21.3 Å². The van der Waals surface area contributed by atoms with Gasteiger partial charge in [0, 0.05) is 17.5 Å². The average molecular weight is 494 g/mol. The van der Waals surface area contributed by atoms with Gasteiger partial charge in [-0.25, -0.2) is 14.1 Å². The Morgan fingerprint density at radius 2 is 1.69 bits per heavy atom. The number of aryl methyl sites for hydroxylation is 2. The number of hydrogen-bond acceptors (Lipinski definition) is 6. The molecular weight excluding hydrogens is 469 g/mol. The number of thiazole rings is 1. The molecule has 0 fully saturated rings. The van der Waals surface area contributed by atoms with E-state index in [1.807, 2.05) is 0 Å². The van der Waals surface area contributed by atoms with Gasteiger partial charge in [-0.2, -0.15) is 5.10 Å². The summed E-state index contributed by atoms with van der Waals surface area (Å²) < 4.78 is 14.5. The van der Waals surface area contributed by atoms with Gasteiger partial charge in [0.2, 0.25) is 0 Å². The lowest BCUT2D eigenvalue weighted by atomic mass is 10.1. The third-order valence-electron chi connectivity index (χ3n) is 5.44. The average Bonchev–Trinajstić information content (AvgIpc) is 3.26. The summed E-state index contributed by atoms with van der Waals surface area (Å²) in [5, 5.41) is 5.65. The van der Waals surface area contributed by atoms with Crippen molar-refractivity contribution >= 4 is 33.9 Å². The van der Waals surface area contributed by atoms with E-state index in [1.165, 1.54) is 16.8 Å². The molecule has 2 N–H and O–H groups in total. The maximum atomic E-state index is 13.2. The molecule has 180 valence electrons. The van der Waals surface area contributed by atoms with E-state index in [4.69, 9.17) is 0 Å². The maximum Gasteiger partial charge on any atom is 0.290 e. The van der Waals surface area contributed by atoms with Crippen molar-refractivity contribution in [1.29, 1.82) is 0 Å². The number of carbonyl (C=O) groups excluding carboxylic acids is 2. The third kappa shape index (κ3) is 5.27. The number of nitrogens with zero attached hydrogens (tertiary/aromatic N) is 3. The Morgan fingerprint density at radius 1 is 1.00 bits per heavy atom. The van der Waals surface area contributed by atoms with Crippen LogP contribution in [0.2, 0.25) is 0 Å². The van der Waals surface area contributed by atoms with Crippen molar-refractivity contribution in [2.75, 3.05) is 0 Å². The monoisotopic (exact) mass is 493 g/mol. The van der Waals surface area contributed by atoms with E-state index >= 15 is 0 Å². The van der Waals surface area contributed by atoms with E-state index in [-0.39, 0.29) is 17.1 Å². The molecule has 0 spiro atoms. The molecule has 0 aliphatic rings. The van der Waals surface area contributed by atoms with Gasteiger partial charge < -0.3 is 0 Å². The Bertz CT molecular complexity index is 1450. The number of fused-ring (bicyclic) bond motifs is 1. The van der Waals surface area contributed by atoms with Gasteiger partial charge in [0.15, 0.2) is 5.69 Å². The quantitative estimate of drug-likeness (QED) is 0.296. The van der Waals surface area contributed by atoms with E-state index in [1.54, 1.807) is 43.3 Å². The number of hydrazine groups is 1. The second-order valence-electron chi connectivity index (χ2n) is 7.98. The van der Waals surface area contributed by atoms with E-state index in [2.05, 4.69) is 27.9 Å². The van der Waals surface area contributed by atoms with Crippen LogP contribution in [0.1, 0.15) is 52.0 Å². The molecule has 2 heterocycles. The van der Waals surface area contributed by atoms with Crippen molar-refractivity contribution in [3.8, 4) is 10.6 Å². The predicted octanol–water partition coefficient (Wildman–Crippen LogP) is 4.23. The van der Waals surface area contributed by atoms with Crippen LogP contribution < -0.4 is 16.4 Å². The number of carbonyl (C=O) groups is 2. The Morgan fingerprint density at radius 3 is 2.40 bits per heavy atom. The highest BCUT2D eigenvalue weighted by molar-refractivity contribution is 7.17. The highest BCUT2D eigenvalue weighted by Crippen LogP contribution is 2.28. The molecule has 10 heteroatoms. The standard InChI is InChI=1S/C25H24FN5O3S/c1-3-4-7-14-31-25(34)19-9-6-5-8-18(19)20(30-31)22(32)28-29-23(33)21-15(2)27-24(35-21)16-10-12-17(26)13-11-16/h5-6,8-13H,3-4,7,14H2,1-2H3,(H,28,32)(H,29,33). The van der Waals surface area contributed by atoms with Crippen molar-refractivity contribution in [2.45, 2.75) is 39.7 Å². The fraction of sp³-hybridized carbons (Fsp3) is 0.240. The minimum atomic E-state index is -0.639. The Labute approximate surface area is 204 Å². The van der Waals surface area contributed by atoms with Gasteiger partial charge in [0.05, 0.1) is 11.1 Å². The third-order valence-corrected chi connectivity index (χ3v) is 6.65. The first-order valence-corrected chi connectivity index (χ1v) is 12.0. The van der Waals surface area contributed by atoms with Gasteiger partial charge in [0.1, 0.15) is 15.7 Å².